The number of H-pyrrole nitrogens is 1. The first-order chi connectivity index (χ1) is 4.84. The Bertz CT molecular complexity index is 174. The van der Waals surface area contributed by atoms with Crippen LogP contribution in [0.4, 0.5) is 0 Å². The summed E-state index contributed by atoms with van der Waals surface area (Å²) in [6, 6.07) is 0. The minimum atomic E-state index is -0.691. The fraction of sp³-hybridized carbons (Fsp3) is 0.750. The monoisotopic (exact) mass is 143 g/mol. The molecule has 56 valence electrons. The van der Waals surface area contributed by atoms with Gasteiger partial charge in [-0.2, -0.15) is 5.21 Å². The van der Waals surface area contributed by atoms with Gasteiger partial charge in [0.2, 0.25) is 5.82 Å². The van der Waals surface area contributed by atoms with E-state index >= 15 is 0 Å². The molecule has 6 nitrogen and oxygen atoms in total. The average Bonchev–Trinajstić information content (AvgIpc) is 2.38. The number of tetrazole rings is 1. The summed E-state index contributed by atoms with van der Waals surface area (Å²) in [5.74, 6) is 0.297. The summed E-state index contributed by atoms with van der Waals surface area (Å²) >= 11 is 0. The van der Waals surface area contributed by atoms with Crippen molar-refractivity contribution in [3.05, 3.63) is 5.82 Å². The fourth-order valence-corrected chi connectivity index (χ4v) is 0.598. The number of aromatic nitrogens is 4. The van der Waals surface area contributed by atoms with Crippen LogP contribution in [-0.4, -0.2) is 32.3 Å². The maximum absolute atomic E-state index is 9.14. The Morgan fingerprint density at radius 3 is 3.00 bits per heavy atom. The van der Waals surface area contributed by atoms with E-state index in [9.17, 15) is 0 Å². The van der Waals surface area contributed by atoms with Gasteiger partial charge in [-0.1, -0.05) is 5.21 Å². The number of rotatable bonds is 3. The summed E-state index contributed by atoms with van der Waals surface area (Å²) in [6.45, 7) is 0.412. The first-order valence-corrected chi connectivity index (χ1v) is 2.96. The molecule has 0 aliphatic heterocycles. The predicted octanol–water partition coefficient (Wildman–Crippen LogP) is -1.42. The van der Waals surface area contributed by atoms with Crippen molar-refractivity contribution in [2.24, 2.45) is 5.73 Å². The quantitative estimate of drug-likeness (QED) is 0.482. The van der Waals surface area contributed by atoms with Gasteiger partial charge in [-0.25, -0.2) is 0 Å². The van der Waals surface area contributed by atoms with E-state index in [-0.39, 0.29) is 0 Å². The Morgan fingerprint density at radius 2 is 2.50 bits per heavy atom. The predicted molar refractivity (Wildman–Crippen MR) is 32.8 cm³/mol. The molecule has 0 amide bonds. The molecule has 1 aromatic heterocycles. The lowest BCUT2D eigenvalue weighted by atomic mass is 10.2. The topological polar surface area (TPSA) is 101 Å². The molecule has 0 aliphatic carbocycles. The van der Waals surface area contributed by atoms with Crippen LogP contribution in [0.25, 0.3) is 0 Å². The molecule has 0 saturated heterocycles. The molecule has 1 atom stereocenters. The highest BCUT2D eigenvalue weighted by atomic mass is 16.3. The summed E-state index contributed by atoms with van der Waals surface area (Å²) in [7, 11) is 0. The molecule has 0 saturated carbocycles. The molecule has 0 radical (unpaired) electrons. The molecule has 4 N–H and O–H groups in total. The Labute approximate surface area is 57.4 Å². The van der Waals surface area contributed by atoms with E-state index in [4.69, 9.17) is 10.8 Å². The third-order valence-corrected chi connectivity index (χ3v) is 1.10. The standard InChI is InChI=1S/C4H9N5O/c5-2-1-3(10)4-6-8-9-7-4/h3,10H,1-2,5H2,(H,6,7,8,9)/t3-/m0/s1. The van der Waals surface area contributed by atoms with Crippen LogP contribution in [0.5, 0.6) is 0 Å². The zero-order valence-corrected chi connectivity index (χ0v) is 5.36. The number of nitrogens with zero attached hydrogens (tertiary/aromatic N) is 3. The van der Waals surface area contributed by atoms with Crippen molar-refractivity contribution in [3.8, 4) is 0 Å². The maximum atomic E-state index is 9.14. The number of hydrogen-bond acceptors (Lipinski definition) is 5. The van der Waals surface area contributed by atoms with Gasteiger partial charge in [0, 0.05) is 0 Å². The largest absolute Gasteiger partial charge is 0.385 e. The zero-order chi connectivity index (χ0) is 7.40. The van der Waals surface area contributed by atoms with Crippen molar-refractivity contribution in [1.29, 1.82) is 0 Å². The number of aromatic amines is 1. The van der Waals surface area contributed by atoms with Gasteiger partial charge in [-0.05, 0) is 13.0 Å². The summed E-state index contributed by atoms with van der Waals surface area (Å²) < 4.78 is 0. The van der Waals surface area contributed by atoms with Crippen LogP contribution in [0.2, 0.25) is 0 Å². The lowest BCUT2D eigenvalue weighted by Gasteiger charge is -2.00. The SMILES string of the molecule is NCC[C@H](O)c1nn[nH]n1. The van der Waals surface area contributed by atoms with Gasteiger partial charge in [0.15, 0.2) is 0 Å². The van der Waals surface area contributed by atoms with Crippen LogP contribution in [0.1, 0.15) is 18.3 Å². The molecule has 0 aromatic carbocycles. The van der Waals surface area contributed by atoms with Gasteiger partial charge < -0.3 is 10.8 Å². The van der Waals surface area contributed by atoms with E-state index in [2.05, 4.69) is 20.6 Å². The molecular formula is C4H9N5O. The number of hydrogen-bond donors (Lipinski definition) is 3. The van der Waals surface area contributed by atoms with Crippen molar-refractivity contribution in [3.63, 3.8) is 0 Å². The lowest BCUT2D eigenvalue weighted by molar-refractivity contribution is 0.160. The molecule has 0 unspecified atom stereocenters. The van der Waals surface area contributed by atoms with Crippen LogP contribution in [0.3, 0.4) is 0 Å². The normalized spacial score (nSPS) is 13.4. The average molecular weight is 143 g/mol. The van der Waals surface area contributed by atoms with E-state index in [0.29, 0.717) is 18.8 Å². The van der Waals surface area contributed by atoms with E-state index in [1.54, 1.807) is 0 Å². The number of aliphatic hydroxyl groups is 1. The highest BCUT2D eigenvalue weighted by Gasteiger charge is 2.09. The molecule has 1 rings (SSSR count). The highest BCUT2D eigenvalue weighted by Crippen LogP contribution is 2.07. The van der Waals surface area contributed by atoms with Crippen molar-refractivity contribution in [2.45, 2.75) is 12.5 Å². The van der Waals surface area contributed by atoms with Gasteiger partial charge in [0.1, 0.15) is 6.10 Å². The van der Waals surface area contributed by atoms with Crippen LogP contribution >= 0.6 is 0 Å². The summed E-state index contributed by atoms with van der Waals surface area (Å²) in [6.07, 6.45) is -0.233. The molecule has 1 heterocycles. The Hall–Kier alpha value is -1.01. The zero-order valence-electron chi connectivity index (χ0n) is 5.36. The van der Waals surface area contributed by atoms with Gasteiger partial charge in [-0.3, -0.25) is 0 Å². The van der Waals surface area contributed by atoms with Crippen LogP contribution in [-0.2, 0) is 0 Å². The Morgan fingerprint density at radius 1 is 1.70 bits per heavy atom. The van der Waals surface area contributed by atoms with Crippen molar-refractivity contribution in [1.82, 2.24) is 20.6 Å². The third-order valence-electron chi connectivity index (χ3n) is 1.10. The summed E-state index contributed by atoms with van der Waals surface area (Å²) in [5.41, 5.74) is 5.19. The van der Waals surface area contributed by atoms with E-state index in [1.807, 2.05) is 0 Å². The molecule has 0 aliphatic rings. The second-order valence-electron chi connectivity index (χ2n) is 1.86. The molecule has 0 fully saturated rings. The van der Waals surface area contributed by atoms with Crippen molar-refractivity contribution < 1.29 is 5.11 Å². The van der Waals surface area contributed by atoms with Crippen molar-refractivity contribution >= 4 is 0 Å². The highest BCUT2D eigenvalue weighted by molar-refractivity contribution is 4.82. The Balaban J connectivity index is 2.50. The molecule has 1 aromatic rings. The fourth-order valence-electron chi connectivity index (χ4n) is 0.598. The number of nitrogens with two attached hydrogens (primary N) is 1. The molecule has 10 heavy (non-hydrogen) atoms. The van der Waals surface area contributed by atoms with E-state index in [1.165, 1.54) is 0 Å². The number of nitrogens with one attached hydrogen (secondary N) is 1. The summed E-state index contributed by atoms with van der Waals surface area (Å²) in [5, 5.41) is 21.8. The molecule has 0 bridgehead atoms. The van der Waals surface area contributed by atoms with Crippen LogP contribution < -0.4 is 5.73 Å². The molecule has 6 heteroatoms. The Kier molecular flexibility index (Phi) is 2.30. The van der Waals surface area contributed by atoms with Crippen molar-refractivity contribution in [2.75, 3.05) is 6.54 Å². The third kappa shape index (κ3) is 1.49. The minimum Gasteiger partial charge on any atom is -0.385 e. The number of aliphatic hydroxyl groups excluding tert-OH is 1. The van der Waals surface area contributed by atoms with Crippen LogP contribution in [0, 0.1) is 0 Å². The first-order valence-electron chi connectivity index (χ1n) is 2.96. The summed E-state index contributed by atoms with van der Waals surface area (Å²) in [4.78, 5) is 0. The van der Waals surface area contributed by atoms with Gasteiger partial charge in [-0.15, -0.1) is 10.2 Å². The van der Waals surface area contributed by atoms with E-state index < -0.39 is 6.10 Å². The van der Waals surface area contributed by atoms with E-state index in [0.717, 1.165) is 0 Å². The van der Waals surface area contributed by atoms with Gasteiger partial charge in [0.05, 0.1) is 0 Å². The smallest absolute Gasteiger partial charge is 0.202 e. The van der Waals surface area contributed by atoms with Gasteiger partial charge >= 0.3 is 0 Å². The van der Waals surface area contributed by atoms with Gasteiger partial charge in [0.25, 0.3) is 0 Å². The second-order valence-corrected chi connectivity index (χ2v) is 1.86. The molecule has 0 spiro atoms. The second kappa shape index (κ2) is 3.23. The first kappa shape index (κ1) is 7.10. The van der Waals surface area contributed by atoms with Crippen LogP contribution in [0.15, 0.2) is 0 Å². The minimum absolute atomic E-state index is 0.297. The lowest BCUT2D eigenvalue weighted by Crippen LogP contribution is -2.07. The maximum Gasteiger partial charge on any atom is 0.202 e. The molecular weight excluding hydrogens is 134 g/mol.